The first-order chi connectivity index (χ1) is 9.14. The van der Waals surface area contributed by atoms with Crippen LogP contribution in [0.1, 0.15) is 13.8 Å². The third kappa shape index (κ3) is 4.02. The number of hydrogen-bond donors (Lipinski definition) is 1. The Hall–Kier alpha value is -1.46. The summed E-state index contributed by atoms with van der Waals surface area (Å²) in [7, 11) is 1.41. The van der Waals surface area contributed by atoms with E-state index in [2.05, 4.69) is 0 Å². The molecule has 0 aliphatic carbocycles. The molecule has 0 unspecified atom stereocenters. The smallest absolute Gasteiger partial charge is 0.329 e. The number of carboxylic acids is 1. The van der Waals surface area contributed by atoms with Crippen LogP contribution in [-0.4, -0.2) is 41.1 Å². The van der Waals surface area contributed by atoms with Gasteiger partial charge in [-0.1, -0.05) is 23.2 Å². The van der Waals surface area contributed by atoms with Gasteiger partial charge < -0.3 is 14.7 Å². The minimum absolute atomic E-state index is 0.302. The van der Waals surface area contributed by atoms with Crippen molar-refractivity contribution in [1.29, 1.82) is 0 Å². The monoisotopic (exact) mass is 319 g/mol. The normalized spacial score (nSPS) is 11.1. The summed E-state index contributed by atoms with van der Waals surface area (Å²) < 4.78 is 5.27. The quantitative estimate of drug-likeness (QED) is 0.906. The molecular weight excluding hydrogens is 305 g/mol. The number of hydrogen-bond acceptors (Lipinski definition) is 3. The van der Waals surface area contributed by atoms with Gasteiger partial charge in [0.15, 0.2) is 6.61 Å². The lowest BCUT2D eigenvalue weighted by Gasteiger charge is -2.31. The Kier molecular flexibility index (Phi) is 5.25. The number of amides is 1. The lowest BCUT2D eigenvalue weighted by molar-refractivity contribution is -0.156. The van der Waals surface area contributed by atoms with Gasteiger partial charge in [-0.2, -0.15) is 0 Å². The van der Waals surface area contributed by atoms with Crippen molar-refractivity contribution in [3.63, 3.8) is 0 Å². The van der Waals surface area contributed by atoms with Gasteiger partial charge >= 0.3 is 5.97 Å². The van der Waals surface area contributed by atoms with Crippen LogP contribution in [0.25, 0.3) is 0 Å². The third-order valence-electron chi connectivity index (χ3n) is 2.93. The fourth-order valence-electron chi connectivity index (χ4n) is 1.31. The Bertz CT molecular complexity index is 511. The van der Waals surface area contributed by atoms with Crippen molar-refractivity contribution in [2.24, 2.45) is 0 Å². The molecule has 1 aromatic carbocycles. The summed E-state index contributed by atoms with van der Waals surface area (Å²) in [6, 6.07) is 4.57. The standard InChI is InChI=1S/C13H15Cl2NO4/c1-13(2,12(18)19)16(3)11(17)7-20-10-5-8(14)4-9(15)6-10/h4-6H,7H2,1-3H3,(H,18,19). The molecule has 0 saturated carbocycles. The highest BCUT2D eigenvalue weighted by atomic mass is 35.5. The largest absolute Gasteiger partial charge is 0.484 e. The summed E-state index contributed by atoms with van der Waals surface area (Å²) >= 11 is 11.6. The number of ether oxygens (including phenoxy) is 1. The number of halogens is 2. The van der Waals surface area contributed by atoms with E-state index in [4.69, 9.17) is 33.0 Å². The maximum Gasteiger partial charge on any atom is 0.329 e. The van der Waals surface area contributed by atoms with E-state index in [-0.39, 0.29) is 6.61 Å². The van der Waals surface area contributed by atoms with Crippen LogP contribution in [0.4, 0.5) is 0 Å². The van der Waals surface area contributed by atoms with E-state index in [9.17, 15) is 9.59 Å². The van der Waals surface area contributed by atoms with Crippen LogP contribution >= 0.6 is 23.2 Å². The number of benzene rings is 1. The molecule has 0 aromatic heterocycles. The first-order valence-corrected chi connectivity index (χ1v) is 6.49. The predicted octanol–water partition coefficient (Wildman–Crippen LogP) is 2.69. The average molecular weight is 320 g/mol. The molecule has 5 nitrogen and oxygen atoms in total. The maximum atomic E-state index is 11.9. The van der Waals surface area contributed by atoms with Crippen molar-refractivity contribution in [2.75, 3.05) is 13.7 Å². The van der Waals surface area contributed by atoms with Gasteiger partial charge in [0.2, 0.25) is 0 Å². The molecule has 1 aromatic rings. The SMILES string of the molecule is CN(C(=O)COc1cc(Cl)cc(Cl)c1)C(C)(C)C(=O)O. The van der Waals surface area contributed by atoms with Gasteiger partial charge in [-0.25, -0.2) is 4.79 Å². The molecule has 1 N–H and O–H groups in total. The molecule has 20 heavy (non-hydrogen) atoms. The topological polar surface area (TPSA) is 66.8 Å². The Morgan fingerprint density at radius 3 is 2.20 bits per heavy atom. The molecule has 0 heterocycles. The van der Waals surface area contributed by atoms with Gasteiger partial charge in [-0.05, 0) is 32.0 Å². The highest BCUT2D eigenvalue weighted by molar-refractivity contribution is 6.34. The molecule has 0 spiro atoms. The Labute approximate surface area is 127 Å². The summed E-state index contributed by atoms with van der Waals surface area (Å²) in [5.41, 5.74) is -1.31. The van der Waals surface area contributed by atoms with Gasteiger partial charge in [-0.3, -0.25) is 4.79 Å². The number of likely N-dealkylation sites (N-methyl/N-ethyl adjacent to an activating group) is 1. The van der Waals surface area contributed by atoms with Crippen molar-refractivity contribution in [3.05, 3.63) is 28.2 Å². The second kappa shape index (κ2) is 6.33. The molecular formula is C13H15Cl2NO4. The Balaban J connectivity index is 2.70. The first kappa shape index (κ1) is 16.6. The minimum atomic E-state index is -1.31. The summed E-state index contributed by atoms with van der Waals surface area (Å²) in [5, 5.41) is 9.83. The van der Waals surface area contributed by atoms with E-state index in [0.29, 0.717) is 15.8 Å². The molecule has 0 bridgehead atoms. The second-order valence-corrected chi connectivity index (χ2v) is 5.58. The van der Waals surface area contributed by atoms with Crippen LogP contribution in [0.2, 0.25) is 10.0 Å². The second-order valence-electron chi connectivity index (χ2n) is 4.71. The van der Waals surface area contributed by atoms with Crippen LogP contribution in [0.5, 0.6) is 5.75 Å². The fourth-order valence-corrected chi connectivity index (χ4v) is 1.81. The minimum Gasteiger partial charge on any atom is -0.484 e. The fraction of sp³-hybridized carbons (Fsp3) is 0.385. The Morgan fingerprint density at radius 2 is 1.75 bits per heavy atom. The van der Waals surface area contributed by atoms with Crippen molar-refractivity contribution < 1.29 is 19.4 Å². The number of nitrogens with zero attached hydrogens (tertiary/aromatic N) is 1. The zero-order valence-corrected chi connectivity index (χ0v) is 12.8. The van der Waals surface area contributed by atoms with Gasteiger partial charge in [0.1, 0.15) is 11.3 Å². The molecule has 1 rings (SSSR count). The van der Waals surface area contributed by atoms with Gasteiger partial charge in [-0.15, -0.1) is 0 Å². The maximum absolute atomic E-state index is 11.9. The molecule has 0 radical (unpaired) electrons. The lowest BCUT2D eigenvalue weighted by atomic mass is 10.0. The first-order valence-electron chi connectivity index (χ1n) is 5.73. The van der Waals surface area contributed by atoms with Gasteiger partial charge in [0.25, 0.3) is 5.91 Å². The van der Waals surface area contributed by atoms with Crippen LogP contribution in [0, 0.1) is 0 Å². The average Bonchev–Trinajstić information content (AvgIpc) is 2.33. The van der Waals surface area contributed by atoms with Crippen molar-refractivity contribution >= 4 is 35.1 Å². The Morgan fingerprint density at radius 1 is 1.25 bits per heavy atom. The number of rotatable bonds is 5. The summed E-state index contributed by atoms with van der Waals surface area (Å²) in [5.74, 6) is -1.22. The third-order valence-corrected chi connectivity index (χ3v) is 3.37. The molecule has 1 amide bonds. The molecule has 7 heteroatoms. The van der Waals surface area contributed by atoms with Crippen LogP contribution in [-0.2, 0) is 9.59 Å². The van der Waals surface area contributed by atoms with Crippen LogP contribution in [0.15, 0.2) is 18.2 Å². The van der Waals surface area contributed by atoms with E-state index in [0.717, 1.165) is 4.90 Å². The highest BCUT2D eigenvalue weighted by Gasteiger charge is 2.35. The van der Waals surface area contributed by atoms with Gasteiger partial charge in [0.05, 0.1) is 0 Å². The zero-order chi connectivity index (χ0) is 15.5. The van der Waals surface area contributed by atoms with E-state index >= 15 is 0 Å². The molecule has 0 saturated heterocycles. The molecule has 110 valence electrons. The lowest BCUT2D eigenvalue weighted by Crippen LogP contribution is -2.52. The number of carbonyl (C=O) groups is 2. The van der Waals surface area contributed by atoms with E-state index in [1.54, 1.807) is 0 Å². The predicted molar refractivity (Wildman–Crippen MR) is 76.4 cm³/mol. The van der Waals surface area contributed by atoms with E-state index in [1.807, 2.05) is 0 Å². The molecule has 0 fully saturated rings. The summed E-state index contributed by atoms with van der Waals surface area (Å²) in [4.78, 5) is 24.1. The van der Waals surface area contributed by atoms with Crippen LogP contribution in [0.3, 0.4) is 0 Å². The number of carboxylic acid groups (broad SMARTS) is 1. The van der Waals surface area contributed by atoms with Crippen molar-refractivity contribution in [1.82, 2.24) is 4.90 Å². The van der Waals surface area contributed by atoms with E-state index in [1.165, 1.54) is 39.1 Å². The number of carbonyl (C=O) groups excluding carboxylic acids is 1. The zero-order valence-electron chi connectivity index (χ0n) is 11.3. The highest BCUT2D eigenvalue weighted by Crippen LogP contribution is 2.24. The molecule has 0 aliphatic heterocycles. The summed E-state index contributed by atoms with van der Waals surface area (Å²) in [6.07, 6.45) is 0. The molecule has 0 aliphatic rings. The molecule has 0 atom stereocenters. The van der Waals surface area contributed by atoms with E-state index < -0.39 is 17.4 Å². The van der Waals surface area contributed by atoms with Crippen molar-refractivity contribution in [2.45, 2.75) is 19.4 Å². The van der Waals surface area contributed by atoms with Crippen molar-refractivity contribution in [3.8, 4) is 5.75 Å². The number of aliphatic carboxylic acids is 1. The van der Waals surface area contributed by atoms with Gasteiger partial charge in [0, 0.05) is 17.1 Å². The summed E-state index contributed by atoms with van der Waals surface area (Å²) in [6.45, 7) is 2.57. The van der Waals surface area contributed by atoms with Crippen LogP contribution < -0.4 is 4.74 Å².